The molecular formula is C21H27N3O2. The number of benzene rings is 2. The van der Waals surface area contributed by atoms with Gasteiger partial charge in [0.1, 0.15) is 5.75 Å². The van der Waals surface area contributed by atoms with E-state index < -0.39 is 0 Å². The molecule has 1 aliphatic carbocycles. The normalized spacial score (nSPS) is 23.5. The number of methoxy groups -OCH3 is 1. The van der Waals surface area contributed by atoms with Crippen molar-refractivity contribution in [1.29, 1.82) is 0 Å². The van der Waals surface area contributed by atoms with Crippen LogP contribution in [-0.4, -0.2) is 55.4 Å². The molecule has 0 amide bonds. The van der Waals surface area contributed by atoms with Crippen LogP contribution in [0.15, 0.2) is 42.5 Å². The van der Waals surface area contributed by atoms with Gasteiger partial charge in [-0.05, 0) is 35.7 Å². The van der Waals surface area contributed by atoms with Crippen LogP contribution in [0.3, 0.4) is 0 Å². The third-order valence-corrected chi connectivity index (χ3v) is 5.80. The van der Waals surface area contributed by atoms with Crippen molar-refractivity contribution in [3.63, 3.8) is 0 Å². The molecule has 0 bridgehead atoms. The molecule has 0 spiro atoms. The summed E-state index contributed by atoms with van der Waals surface area (Å²) >= 11 is 0. The zero-order valence-corrected chi connectivity index (χ0v) is 15.3. The predicted molar refractivity (Wildman–Crippen MR) is 105 cm³/mol. The number of hydrogen-bond acceptors (Lipinski definition) is 5. The van der Waals surface area contributed by atoms with E-state index in [-0.39, 0.29) is 12.1 Å². The number of hydrogen-bond donors (Lipinski definition) is 2. The van der Waals surface area contributed by atoms with Crippen LogP contribution in [0, 0.1) is 0 Å². The first-order chi connectivity index (χ1) is 12.7. The minimum Gasteiger partial charge on any atom is -0.497 e. The summed E-state index contributed by atoms with van der Waals surface area (Å²) in [5.41, 5.74) is 10.7. The molecule has 1 heterocycles. The zero-order chi connectivity index (χ0) is 18.1. The van der Waals surface area contributed by atoms with E-state index in [9.17, 15) is 5.11 Å². The first-order valence-electron chi connectivity index (χ1n) is 9.33. The summed E-state index contributed by atoms with van der Waals surface area (Å²) in [5.74, 6) is 0.889. The van der Waals surface area contributed by atoms with Gasteiger partial charge in [0, 0.05) is 56.1 Å². The Morgan fingerprint density at radius 1 is 1.04 bits per heavy atom. The lowest BCUT2D eigenvalue weighted by Gasteiger charge is -2.43. The Bertz CT molecular complexity index is 772. The Kier molecular flexibility index (Phi) is 4.74. The standard InChI is InChI=1S/C21H27N3O2/c1-26-17-6-3-5-16(13-17)23-8-10-24(11-9-23)20-14-18-15(12-21(20)25)4-2-7-19(18)22/h2-7,13,20-21,25H,8-12,14,22H2,1H3/t20-,21-/m1/s1. The Morgan fingerprint density at radius 3 is 2.58 bits per heavy atom. The number of rotatable bonds is 3. The highest BCUT2D eigenvalue weighted by molar-refractivity contribution is 5.53. The number of nitrogen functional groups attached to an aromatic ring is 1. The molecule has 3 N–H and O–H groups in total. The Morgan fingerprint density at radius 2 is 1.81 bits per heavy atom. The fourth-order valence-electron chi connectivity index (χ4n) is 4.29. The number of ether oxygens (including phenoxy) is 1. The molecule has 4 rings (SSSR count). The number of nitrogens with two attached hydrogens (primary N) is 1. The number of aliphatic hydroxyl groups is 1. The second-order valence-electron chi connectivity index (χ2n) is 7.25. The Labute approximate surface area is 155 Å². The molecule has 2 aliphatic rings. The molecule has 1 aliphatic heterocycles. The van der Waals surface area contributed by atoms with Crippen molar-refractivity contribution in [2.45, 2.75) is 25.0 Å². The van der Waals surface area contributed by atoms with Crippen LogP contribution in [-0.2, 0) is 12.8 Å². The molecule has 2 aromatic carbocycles. The van der Waals surface area contributed by atoms with Crippen LogP contribution >= 0.6 is 0 Å². The Hall–Kier alpha value is -2.24. The summed E-state index contributed by atoms with van der Waals surface area (Å²) < 4.78 is 5.34. The lowest BCUT2D eigenvalue weighted by Crippen LogP contribution is -2.56. The lowest BCUT2D eigenvalue weighted by molar-refractivity contribution is 0.0397. The third-order valence-electron chi connectivity index (χ3n) is 5.80. The molecule has 0 radical (unpaired) electrons. The molecule has 138 valence electrons. The fourth-order valence-corrected chi connectivity index (χ4v) is 4.29. The van der Waals surface area contributed by atoms with Crippen molar-refractivity contribution in [2.75, 3.05) is 43.9 Å². The van der Waals surface area contributed by atoms with E-state index in [1.54, 1.807) is 7.11 Å². The van der Waals surface area contributed by atoms with Crippen LogP contribution < -0.4 is 15.4 Å². The SMILES string of the molecule is COc1cccc(N2CCN([C@@H]3Cc4c(N)cccc4C[C@H]3O)CC2)c1. The van der Waals surface area contributed by atoms with Crippen molar-refractivity contribution in [1.82, 2.24) is 4.90 Å². The molecule has 5 heteroatoms. The maximum Gasteiger partial charge on any atom is 0.120 e. The number of anilines is 2. The molecule has 0 saturated carbocycles. The maximum absolute atomic E-state index is 10.7. The topological polar surface area (TPSA) is 62.0 Å². The average Bonchev–Trinajstić information content (AvgIpc) is 2.68. The highest BCUT2D eigenvalue weighted by Crippen LogP contribution is 2.30. The lowest BCUT2D eigenvalue weighted by atomic mass is 9.84. The van der Waals surface area contributed by atoms with Gasteiger partial charge in [-0.15, -0.1) is 0 Å². The number of piperazine rings is 1. The van der Waals surface area contributed by atoms with E-state index in [2.05, 4.69) is 28.0 Å². The van der Waals surface area contributed by atoms with Gasteiger partial charge in [0.25, 0.3) is 0 Å². The number of fused-ring (bicyclic) bond motifs is 1. The van der Waals surface area contributed by atoms with Crippen molar-refractivity contribution in [3.8, 4) is 5.75 Å². The Balaban J connectivity index is 1.44. The van der Waals surface area contributed by atoms with Gasteiger partial charge in [-0.1, -0.05) is 18.2 Å². The van der Waals surface area contributed by atoms with Crippen molar-refractivity contribution >= 4 is 11.4 Å². The van der Waals surface area contributed by atoms with Crippen molar-refractivity contribution in [2.24, 2.45) is 0 Å². The van der Waals surface area contributed by atoms with E-state index in [1.165, 1.54) is 16.8 Å². The summed E-state index contributed by atoms with van der Waals surface area (Å²) in [6, 6.07) is 14.4. The van der Waals surface area contributed by atoms with E-state index >= 15 is 0 Å². The van der Waals surface area contributed by atoms with E-state index in [0.717, 1.165) is 44.0 Å². The molecule has 2 aromatic rings. The summed E-state index contributed by atoms with van der Waals surface area (Å²) in [7, 11) is 1.70. The smallest absolute Gasteiger partial charge is 0.120 e. The number of nitrogens with zero attached hydrogens (tertiary/aromatic N) is 2. The maximum atomic E-state index is 10.7. The van der Waals surface area contributed by atoms with Crippen LogP contribution in [0.4, 0.5) is 11.4 Å². The molecule has 0 aromatic heterocycles. The highest BCUT2D eigenvalue weighted by atomic mass is 16.5. The van der Waals surface area contributed by atoms with Crippen LogP contribution in [0.2, 0.25) is 0 Å². The predicted octanol–water partition coefficient (Wildman–Crippen LogP) is 1.93. The summed E-state index contributed by atoms with van der Waals surface area (Å²) in [6.45, 7) is 3.79. The zero-order valence-electron chi connectivity index (χ0n) is 15.3. The molecule has 26 heavy (non-hydrogen) atoms. The van der Waals surface area contributed by atoms with Gasteiger partial charge in [-0.25, -0.2) is 0 Å². The van der Waals surface area contributed by atoms with Gasteiger partial charge in [-0.2, -0.15) is 0 Å². The molecule has 1 saturated heterocycles. The average molecular weight is 353 g/mol. The molecule has 0 unspecified atom stereocenters. The van der Waals surface area contributed by atoms with Crippen LogP contribution in [0.25, 0.3) is 0 Å². The fraction of sp³-hybridized carbons (Fsp3) is 0.429. The summed E-state index contributed by atoms with van der Waals surface area (Å²) in [4.78, 5) is 4.81. The molecule has 5 nitrogen and oxygen atoms in total. The van der Waals surface area contributed by atoms with Crippen molar-refractivity contribution in [3.05, 3.63) is 53.6 Å². The van der Waals surface area contributed by atoms with Gasteiger partial charge in [0.05, 0.1) is 13.2 Å². The van der Waals surface area contributed by atoms with E-state index in [1.807, 2.05) is 24.3 Å². The summed E-state index contributed by atoms with van der Waals surface area (Å²) in [6.07, 6.45) is 1.20. The third kappa shape index (κ3) is 3.24. The van der Waals surface area contributed by atoms with Gasteiger partial charge < -0.3 is 20.5 Å². The largest absolute Gasteiger partial charge is 0.497 e. The first kappa shape index (κ1) is 17.2. The number of aliphatic hydroxyl groups excluding tert-OH is 1. The van der Waals surface area contributed by atoms with E-state index in [4.69, 9.17) is 10.5 Å². The monoisotopic (exact) mass is 353 g/mol. The van der Waals surface area contributed by atoms with Gasteiger partial charge in [-0.3, -0.25) is 4.90 Å². The van der Waals surface area contributed by atoms with Gasteiger partial charge in [0.15, 0.2) is 0 Å². The summed E-state index contributed by atoms with van der Waals surface area (Å²) in [5, 5.41) is 10.7. The molecule has 1 fully saturated rings. The van der Waals surface area contributed by atoms with E-state index in [0.29, 0.717) is 6.42 Å². The van der Waals surface area contributed by atoms with Crippen molar-refractivity contribution < 1.29 is 9.84 Å². The van der Waals surface area contributed by atoms with Crippen LogP contribution in [0.5, 0.6) is 5.75 Å². The minimum atomic E-state index is -0.326. The second kappa shape index (κ2) is 7.17. The van der Waals surface area contributed by atoms with Crippen LogP contribution in [0.1, 0.15) is 11.1 Å². The molecule has 2 atom stereocenters. The first-order valence-corrected chi connectivity index (χ1v) is 9.33. The quantitative estimate of drug-likeness (QED) is 0.826. The van der Waals surface area contributed by atoms with Gasteiger partial charge >= 0.3 is 0 Å². The second-order valence-corrected chi connectivity index (χ2v) is 7.25. The molecular weight excluding hydrogens is 326 g/mol. The minimum absolute atomic E-state index is 0.152. The van der Waals surface area contributed by atoms with Gasteiger partial charge in [0.2, 0.25) is 0 Å². The highest BCUT2D eigenvalue weighted by Gasteiger charge is 2.34.